The summed E-state index contributed by atoms with van der Waals surface area (Å²) in [5.74, 6) is 0.652. The largest absolute Gasteiger partial charge is 0.497 e. The Kier molecular flexibility index (Phi) is 6.82. The zero-order valence-corrected chi connectivity index (χ0v) is 14.5. The fraction of sp³-hybridized carbons (Fsp3) is 0.350. The number of hydrogen-bond acceptors (Lipinski definition) is 3. The maximum atomic E-state index is 12.6. The van der Waals surface area contributed by atoms with Gasteiger partial charge >= 0.3 is 0 Å². The van der Waals surface area contributed by atoms with Crippen molar-refractivity contribution >= 4 is 5.91 Å². The predicted molar refractivity (Wildman–Crippen MR) is 95.2 cm³/mol. The van der Waals surface area contributed by atoms with Crippen molar-refractivity contribution in [2.45, 2.75) is 25.4 Å². The van der Waals surface area contributed by atoms with Crippen LogP contribution in [-0.4, -0.2) is 26.7 Å². The normalized spacial score (nSPS) is 13.1. The van der Waals surface area contributed by atoms with Gasteiger partial charge in [0, 0.05) is 13.7 Å². The summed E-state index contributed by atoms with van der Waals surface area (Å²) in [6.45, 7) is 2.44. The molecule has 24 heavy (non-hydrogen) atoms. The number of ether oxygens (including phenoxy) is 2. The molecule has 0 aliphatic rings. The van der Waals surface area contributed by atoms with Gasteiger partial charge in [-0.15, -0.1) is 0 Å². The molecule has 0 radical (unpaired) electrons. The third kappa shape index (κ3) is 4.59. The van der Waals surface area contributed by atoms with E-state index in [0.29, 0.717) is 6.54 Å². The number of carbonyl (C=O) groups excluding carboxylic acids is 1. The molecule has 4 heteroatoms. The molecular formula is C20H25NO3. The molecule has 128 valence electrons. The van der Waals surface area contributed by atoms with Crippen LogP contribution < -0.4 is 10.1 Å². The van der Waals surface area contributed by atoms with Crippen LogP contribution in [0.2, 0.25) is 0 Å². The summed E-state index contributed by atoms with van der Waals surface area (Å²) >= 11 is 0. The lowest BCUT2D eigenvalue weighted by Gasteiger charge is -2.20. The summed E-state index contributed by atoms with van der Waals surface area (Å²) in [5, 5.41) is 3.01. The smallest absolute Gasteiger partial charge is 0.227 e. The van der Waals surface area contributed by atoms with Gasteiger partial charge in [-0.25, -0.2) is 0 Å². The van der Waals surface area contributed by atoms with Crippen LogP contribution in [0.15, 0.2) is 54.6 Å². The monoisotopic (exact) mass is 327 g/mol. The second-order valence-electron chi connectivity index (χ2n) is 5.62. The molecule has 0 aromatic heterocycles. The van der Waals surface area contributed by atoms with Crippen LogP contribution in [0.3, 0.4) is 0 Å². The summed E-state index contributed by atoms with van der Waals surface area (Å²) in [7, 11) is 3.28. The van der Waals surface area contributed by atoms with Gasteiger partial charge in [0.25, 0.3) is 0 Å². The quantitative estimate of drug-likeness (QED) is 0.804. The Bertz CT molecular complexity index is 642. The lowest BCUT2D eigenvalue weighted by atomic mass is 9.95. The number of amides is 1. The number of nitrogens with one attached hydrogen (secondary N) is 1. The highest BCUT2D eigenvalue weighted by molar-refractivity contribution is 5.83. The molecule has 0 unspecified atom stereocenters. The summed E-state index contributed by atoms with van der Waals surface area (Å²) in [5.41, 5.74) is 2.01. The molecule has 2 rings (SSSR count). The Hall–Kier alpha value is -2.33. The van der Waals surface area contributed by atoms with Gasteiger partial charge in [0.2, 0.25) is 5.91 Å². The van der Waals surface area contributed by atoms with Gasteiger partial charge in [-0.05, 0) is 29.7 Å². The van der Waals surface area contributed by atoms with E-state index in [1.165, 1.54) is 0 Å². The van der Waals surface area contributed by atoms with Crippen molar-refractivity contribution in [2.75, 3.05) is 20.8 Å². The predicted octanol–water partition coefficient (Wildman–Crippen LogP) is 3.69. The first kappa shape index (κ1) is 18.0. The molecule has 0 saturated heterocycles. The molecule has 1 amide bonds. The van der Waals surface area contributed by atoms with Crippen LogP contribution in [-0.2, 0) is 9.53 Å². The van der Waals surface area contributed by atoms with E-state index in [0.717, 1.165) is 23.3 Å². The second-order valence-corrected chi connectivity index (χ2v) is 5.62. The molecule has 0 aliphatic carbocycles. The molecule has 0 spiro atoms. The van der Waals surface area contributed by atoms with Crippen molar-refractivity contribution in [3.8, 4) is 5.75 Å². The van der Waals surface area contributed by atoms with Crippen molar-refractivity contribution in [2.24, 2.45) is 0 Å². The Morgan fingerprint density at radius 1 is 1.04 bits per heavy atom. The van der Waals surface area contributed by atoms with Crippen LogP contribution in [0.5, 0.6) is 5.75 Å². The maximum absolute atomic E-state index is 12.6. The number of methoxy groups -OCH3 is 2. The van der Waals surface area contributed by atoms with Crippen LogP contribution in [0, 0.1) is 0 Å². The van der Waals surface area contributed by atoms with Crippen LogP contribution in [0.1, 0.15) is 36.5 Å². The van der Waals surface area contributed by atoms with Gasteiger partial charge in [0.15, 0.2) is 0 Å². The van der Waals surface area contributed by atoms with Crippen LogP contribution in [0.4, 0.5) is 0 Å². The third-order valence-corrected chi connectivity index (χ3v) is 4.14. The number of benzene rings is 2. The average Bonchev–Trinajstić information content (AvgIpc) is 2.64. The average molecular weight is 327 g/mol. The number of rotatable bonds is 8. The molecular weight excluding hydrogens is 302 g/mol. The second kappa shape index (κ2) is 9.08. The Balaban J connectivity index is 2.02. The first-order chi connectivity index (χ1) is 11.7. The summed E-state index contributed by atoms with van der Waals surface area (Å²) < 4.78 is 10.8. The molecule has 2 atom stereocenters. The van der Waals surface area contributed by atoms with Gasteiger partial charge in [-0.2, -0.15) is 0 Å². The summed E-state index contributed by atoms with van der Waals surface area (Å²) in [4.78, 5) is 12.6. The number of hydrogen-bond donors (Lipinski definition) is 1. The van der Waals surface area contributed by atoms with E-state index >= 15 is 0 Å². The molecule has 0 aliphatic heterocycles. The molecule has 1 N–H and O–H groups in total. The zero-order chi connectivity index (χ0) is 17.4. The van der Waals surface area contributed by atoms with E-state index < -0.39 is 0 Å². The minimum atomic E-state index is -0.211. The lowest BCUT2D eigenvalue weighted by molar-refractivity contribution is -0.123. The zero-order valence-electron chi connectivity index (χ0n) is 14.5. The molecule has 2 aromatic carbocycles. The standard InChI is InChI=1S/C20H25NO3/c1-4-18(15-9-6-5-7-10-15)20(22)21-14-19(24-3)16-11-8-12-17(13-16)23-2/h5-13,18-19H,4,14H2,1-3H3,(H,21,22)/t18-,19+/m1/s1. The topological polar surface area (TPSA) is 47.6 Å². The molecule has 0 heterocycles. The van der Waals surface area contributed by atoms with Crippen LogP contribution >= 0.6 is 0 Å². The fourth-order valence-corrected chi connectivity index (χ4v) is 2.75. The highest BCUT2D eigenvalue weighted by atomic mass is 16.5. The summed E-state index contributed by atoms with van der Waals surface area (Å²) in [6.07, 6.45) is 0.546. The van der Waals surface area contributed by atoms with Crippen molar-refractivity contribution in [3.05, 3.63) is 65.7 Å². The van der Waals surface area contributed by atoms with Crippen molar-refractivity contribution < 1.29 is 14.3 Å². The lowest BCUT2D eigenvalue weighted by Crippen LogP contribution is -2.33. The van der Waals surface area contributed by atoms with Crippen molar-refractivity contribution in [1.82, 2.24) is 5.32 Å². The molecule has 4 nitrogen and oxygen atoms in total. The van der Waals surface area contributed by atoms with E-state index in [1.807, 2.05) is 61.5 Å². The first-order valence-corrected chi connectivity index (χ1v) is 8.19. The minimum Gasteiger partial charge on any atom is -0.497 e. The Morgan fingerprint density at radius 2 is 1.75 bits per heavy atom. The van der Waals surface area contributed by atoms with Crippen molar-refractivity contribution in [1.29, 1.82) is 0 Å². The molecule has 0 saturated carbocycles. The van der Waals surface area contributed by atoms with E-state index in [2.05, 4.69) is 5.32 Å². The fourth-order valence-electron chi connectivity index (χ4n) is 2.75. The van der Waals surface area contributed by atoms with Gasteiger partial charge in [-0.1, -0.05) is 49.4 Å². The number of carbonyl (C=O) groups is 1. The van der Waals surface area contributed by atoms with E-state index in [1.54, 1.807) is 14.2 Å². The van der Waals surface area contributed by atoms with Gasteiger partial charge in [0.1, 0.15) is 5.75 Å². The maximum Gasteiger partial charge on any atom is 0.227 e. The molecule has 0 bridgehead atoms. The van der Waals surface area contributed by atoms with Crippen LogP contribution in [0.25, 0.3) is 0 Å². The van der Waals surface area contributed by atoms with E-state index in [-0.39, 0.29) is 17.9 Å². The van der Waals surface area contributed by atoms with E-state index in [4.69, 9.17) is 9.47 Å². The molecule has 0 fully saturated rings. The van der Waals surface area contributed by atoms with Gasteiger partial charge in [0.05, 0.1) is 19.1 Å². The van der Waals surface area contributed by atoms with Gasteiger partial charge in [-0.3, -0.25) is 4.79 Å². The Morgan fingerprint density at radius 3 is 2.38 bits per heavy atom. The Labute approximate surface area is 143 Å². The van der Waals surface area contributed by atoms with Gasteiger partial charge < -0.3 is 14.8 Å². The third-order valence-electron chi connectivity index (χ3n) is 4.14. The minimum absolute atomic E-state index is 0.0219. The highest BCUT2D eigenvalue weighted by Gasteiger charge is 2.20. The van der Waals surface area contributed by atoms with Crippen molar-refractivity contribution in [3.63, 3.8) is 0 Å². The SMILES string of the molecule is CC[C@@H](C(=O)NC[C@H](OC)c1cccc(OC)c1)c1ccccc1. The first-order valence-electron chi connectivity index (χ1n) is 8.19. The molecule has 2 aromatic rings. The summed E-state index contributed by atoms with van der Waals surface area (Å²) in [6, 6.07) is 17.5. The highest BCUT2D eigenvalue weighted by Crippen LogP contribution is 2.22. The van der Waals surface area contributed by atoms with E-state index in [9.17, 15) is 4.79 Å².